The third kappa shape index (κ3) is 3.38. The van der Waals surface area contributed by atoms with Gasteiger partial charge >= 0.3 is 0 Å². The van der Waals surface area contributed by atoms with Gasteiger partial charge in [0, 0.05) is 29.9 Å². The minimum atomic E-state index is 0.481. The van der Waals surface area contributed by atoms with Crippen molar-refractivity contribution in [2.24, 2.45) is 7.05 Å². The Morgan fingerprint density at radius 2 is 1.78 bits per heavy atom. The van der Waals surface area contributed by atoms with Gasteiger partial charge in [-0.25, -0.2) is 15.0 Å². The molecule has 0 fully saturated rings. The Kier molecular flexibility index (Phi) is 4.31. The summed E-state index contributed by atoms with van der Waals surface area (Å²) in [6.45, 7) is 1.95. The maximum atomic E-state index is 5.27. The molecule has 4 aromatic rings. The van der Waals surface area contributed by atoms with Gasteiger partial charge in [0.15, 0.2) is 5.82 Å². The fourth-order valence-electron chi connectivity index (χ4n) is 2.89. The molecule has 0 atom stereocenters. The second-order valence-electron chi connectivity index (χ2n) is 6.19. The molecule has 0 amide bonds. The van der Waals surface area contributed by atoms with Gasteiger partial charge in [0.25, 0.3) is 0 Å². The summed E-state index contributed by atoms with van der Waals surface area (Å²) in [5, 5.41) is 0.961. The molecule has 0 unspecified atom stereocenters. The van der Waals surface area contributed by atoms with Crippen molar-refractivity contribution in [2.75, 3.05) is 7.11 Å². The molecule has 0 saturated heterocycles. The van der Waals surface area contributed by atoms with Crippen molar-refractivity contribution in [1.82, 2.24) is 19.5 Å². The van der Waals surface area contributed by atoms with E-state index in [2.05, 4.69) is 26.8 Å². The van der Waals surface area contributed by atoms with Crippen molar-refractivity contribution in [3.05, 3.63) is 72.1 Å². The fraction of sp³-hybridized carbons (Fsp3) is 0.136. The van der Waals surface area contributed by atoms with Crippen LogP contribution in [0.4, 0.5) is 0 Å². The first-order valence-electron chi connectivity index (χ1n) is 8.57. The lowest BCUT2D eigenvalue weighted by molar-refractivity contribution is 0.415. The van der Waals surface area contributed by atoms with Crippen LogP contribution in [0.3, 0.4) is 0 Å². The van der Waals surface area contributed by atoms with Crippen LogP contribution < -0.4 is 4.74 Å². The highest BCUT2D eigenvalue weighted by Gasteiger charge is 2.07. The Morgan fingerprint density at radius 3 is 2.56 bits per heavy atom. The topological polar surface area (TPSA) is 52.8 Å². The van der Waals surface area contributed by atoms with E-state index in [-0.39, 0.29) is 0 Å². The van der Waals surface area contributed by atoms with Gasteiger partial charge in [-0.05, 0) is 37.0 Å². The molecule has 2 aromatic carbocycles. The predicted octanol–water partition coefficient (Wildman–Crippen LogP) is 3.75. The van der Waals surface area contributed by atoms with Crippen LogP contribution in [0.1, 0.15) is 17.3 Å². The number of hydrogen-bond acceptors (Lipinski definition) is 4. The zero-order valence-electron chi connectivity index (χ0n) is 15.4. The molecule has 132 valence electrons. The van der Waals surface area contributed by atoms with Gasteiger partial charge in [0.05, 0.1) is 18.3 Å². The summed E-state index contributed by atoms with van der Waals surface area (Å²) in [5.74, 6) is 8.07. The molecule has 0 spiro atoms. The number of hydrogen-bond donors (Lipinski definition) is 0. The van der Waals surface area contributed by atoms with E-state index in [1.165, 1.54) is 0 Å². The number of ether oxygens (including phenoxy) is 1. The lowest BCUT2D eigenvalue weighted by Gasteiger charge is -2.04. The Hall–Kier alpha value is -3.65. The maximum absolute atomic E-state index is 5.27. The molecule has 0 radical (unpaired) electrons. The van der Waals surface area contributed by atoms with Gasteiger partial charge in [-0.2, -0.15) is 0 Å². The number of fused-ring (bicyclic) bond motifs is 1. The van der Waals surface area contributed by atoms with Crippen LogP contribution in [0.15, 0.2) is 54.7 Å². The van der Waals surface area contributed by atoms with E-state index in [1.54, 1.807) is 7.11 Å². The molecule has 2 heterocycles. The normalized spacial score (nSPS) is 10.5. The van der Waals surface area contributed by atoms with Crippen molar-refractivity contribution < 1.29 is 4.74 Å². The molecule has 2 aromatic heterocycles. The lowest BCUT2D eigenvalue weighted by atomic mass is 10.2. The molecular formula is C22H18N4O. The summed E-state index contributed by atoms with van der Waals surface area (Å²) in [7, 11) is 3.58. The van der Waals surface area contributed by atoms with Crippen LogP contribution >= 0.6 is 0 Å². The largest absolute Gasteiger partial charge is 0.497 e. The Labute approximate surface area is 157 Å². The van der Waals surface area contributed by atoms with Crippen LogP contribution in [0.2, 0.25) is 0 Å². The minimum absolute atomic E-state index is 0.481. The number of rotatable bonds is 2. The number of aryl methyl sites for hydroxylation is 2. The molecule has 0 aliphatic carbocycles. The summed E-state index contributed by atoms with van der Waals surface area (Å²) in [4.78, 5) is 13.7. The van der Waals surface area contributed by atoms with Gasteiger partial charge in [-0.3, -0.25) is 0 Å². The average Bonchev–Trinajstić information content (AvgIpc) is 3.07. The molecule has 0 aliphatic rings. The zero-order chi connectivity index (χ0) is 18.8. The Morgan fingerprint density at radius 1 is 0.963 bits per heavy atom. The van der Waals surface area contributed by atoms with E-state index in [9.17, 15) is 0 Å². The number of imidazole rings is 1. The van der Waals surface area contributed by atoms with Crippen molar-refractivity contribution in [3.8, 4) is 28.8 Å². The molecular weight excluding hydrogens is 336 g/mol. The minimum Gasteiger partial charge on any atom is -0.497 e. The zero-order valence-corrected chi connectivity index (χ0v) is 15.4. The molecule has 0 bridgehead atoms. The van der Waals surface area contributed by atoms with Gasteiger partial charge in [0.1, 0.15) is 5.75 Å². The van der Waals surface area contributed by atoms with E-state index in [4.69, 9.17) is 4.74 Å². The van der Waals surface area contributed by atoms with E-state index in [0.717, 1.165) is 33.6 Å². The van der Waals surface area contributed by atoms with E-state index < -0.39 is 0 Å². The Bertz CT molecular complexity index is 1180. The maximum Gasteiger partial charge on any atom is 0.206 e. The molecule has 0 N–H and O–H groups in total. The summed E-state index contributed by atoms with van der Waals surface area (Å²) < 4.78 is 7.18. The summed E-state index contributed by atoms with van der Waals surface area (Å²) >= 11 is 0. The highest BCUT2D eigenvalue weighted by atomic mass is 16.5. The first-order valence-corrected chi connectivity index (χ1v) is 8.57. The molecule has 5 nitrogen and oxygen atoms in total. The summed E-state index contributed by atoms with van der Waals surface area (Å²) in [6.07, 6.45) is 1.97. The predicted molar refractivity (Wildman–Crippen MR) is 105 cm³/mol. The van der Waals surface area contributed by atoms with Crippen LogP contribution in [0.25, 0.3) is 22.2 Å². The van der Waals surface area contributed by atoms with Gasteiger partial charge in [-0.1, -0.05) is 30.3 Å². The van der Waals surface area contributed by atoms with Gasteiger partial charge in [0.2, 0.25) is 5.82 Å². The number of methoxy groups -OCH3 is 1. The molecule has 4 rings (SSSR count). The first-order chi connectivity index (χ1) is 13.1. The second-order valence-corrected chi connectivity index (χ2v) is 6.19. The third-order valence-electron chi connectivity index (χ3n) is 4.33. The first kappa shape index (κ1) is 16.8. The SMILES string of the molecule is COc1ccc2nc(C#Cc3nc(-c4ccccc4)cn3C)nc(C)c2c1. The third-order valence-corrected chi connectivity index (χ3v) is 4.33. The standard InChI is InChI=1S/C22H18N4O/c1-15-18-13-17(27-3)9-10-19(18)24-21(23-15)11-12-22-25-20(14-26(22)2)16-7-5-4-6-8-16/h4-10,13-14H,1-3H3. The molecule has 27 heavy (non-hydrogen) atoms. The van der Waals surface area contributed by atoms with Crippen molar-refractivity contribution >= 4 is 10.9 Å². The van der Waals surface area contributed by atoms with Crippen LogP contribution in [0.5, 0.6) is 5.75 Å². The van der Waals surface area contributed by atoms with Gasteiger partial charge in [-0.15, -0.1) is 0 Å². The van der Waals surface area contributed by atoms with Crippen LogP contribution in [-0.4, -0.2) is 26.6 Å². The van der Waals surface area contributed by atoms with E-state index >= 15 is 0 Å². The smallest absolute Gasteiger partial charge is 0.206 e. The average molecular weight is 354 g/mol. The molecule has 0 saturated carbocycles. The van der Waals surface area contributed by atoms with E-state index in [0.29, 0.717) is 11.6 Å². The number of aromatic nitrogens is 4. The quantitative estimate of drug-likeness (QED) is 0.515. The highest BCUT2D eigenvalue weighted by Crippen LogP contribution is 2.21. The number of benzene rings is 2. The monoisotopic (exact) mass is 354 g/mol. The Balaban J connectivity index is 1.70. The van der Waals surface area contributed by atoms with Crippen molar-refractivity contribution in [2.45, 2.75) is 6.92 Å². The second kappa shape index (κ2) is 6.93. The summed E-state index contributed by atoms with van der Waals surface area (Å²) in [5.41, 5.74) is 3.67. The van der Waals surface area contributed by atoms with Crippen molar-refractivity contribution in [3.63, 3.8) is 0 Å². The van der Waals surface area contributed by atoms with Crippen molar-refractivity contribution in [1.29, 1.82) is 0 Å². The van der Waals surface area contributed by atoms with Crippen LogP contribution in [0, 0.1) is 18.8 Å². The fourth-order valence-corrected chi connectivity index (χ4v) is 2.89. The highest BCUT2D eigenvalue weighted by molar-refractivity contribution is 5.82. The lowest BCUT2D eigenvalue weighted by Crippen LogP contribution is -1.96. The molecule has 0 aliphatic heterocycles. The van der Waals surface area contributed by atoms with E-state index in [1.807, 2.05) is 73.3 Å². The molecule has 5 heteroatoms. The summed E-state index contributed by atoms with van der Waals surface area (Å²) in [6, 6.07) is 15.8. The van der Waals surface area contributed by atoms with Gasteiger partial charge < -0.3 is 9.30 Å². The van der Waals surface area contributed by atoms with Crippen LogP contribution in [-0.2, 0) is 7.05 Å². The number of nitrogens with zero attached hydrogens (tertiary/aromatic N) is 4.